The molecule has 0 amide bonds. The largest absolute Gasteiger partial charge is 0.494 e. The zero-order valence-electron chi connectivity index (χ0n) is 69.3. The number of esters is 8. The van der Waals surface area contributed by atoms with Gasteiger partial charge >= 0.3 is 47.8 Å². The Morgan fingerprint density at radius 2 is 0.579 bits per heavy atom. The normalized spacial score (nSPS) is 10.8. The maximum atomic E-state index is 15.7. The van der Waals surface area contributed by atoms with E-state index in [4.69, 9.17) is 61.6 Å². The van der Waals surface area contributed by atoms with Crippen LogP contribution < -0.4 is 47.4 Å². The second-order valence-corrected chi connectivity index (χ2v) is 28.7. The Hall–Kier alpha value is -12.4. The van der Waals surface area contributed by atoms with Gasteiger partial charge in [-0.15, -0.1) is 0 Å². The molecule has 0 atom stereocenters. The molecule has 0 saturated carbocycles. The van der Waals surface area contributed by atoms with Crippen LogP contribution in [0.15, 0.2) is 202 Å². The number of unbranched alkanes of at least 4 members (excludes halogenated alkanes) is 21. The Balaban J connectivity index is 1.02. The van der Waals surface area contributed by atoms with Crippen LogP contribution in [0.2, 0.25) is 0 Å². The van der Waals surface area contributed by atoms with E-state index in [0.717, 1.165) is 158 Å². The highest BCUT2D eigenvalue weighted by atomic mass is 19.1. The van der Waals surface area contributed by atoms with Gasteiger partial charge in [0.15, 0.2) is 46.1 Å². The van der Waals surface area contributed by atoms with Crippen LogP contribution >= 0.6 is 0 Å². The molecule has 0 saturated heterocycles. The average molecular weight is 1660 g/mol. The molecular formula is C98H110F2O21. The first-order valence-corrected chi connectivity index (χ1v) is 41.9. The average Bonchev–Trinajstić information content (AvgIpc) is 0.711. The van der Waals surface area contributed by atoms with Crippen molar-refractivity contribution in [3.05, 3.63) is 241 Å². The monoisotopic (exact) mass is 1660 g/mol. The highest BCUT2D eigenvalue weighted by molar-refractivity contribution is 5.99. The van der Waals surface area contributed by atoms with E-state index in [2.05, 4.69) is 33.6 Å². The van der Waals surface area contributed by atoms with Crippen molar-refractivity contribution >= 4 is 47.8 Å². The SMILES string of the molecule is C=CC(=O)OCCCCCCOc1ccc(C(=O)Oc2cccc(C(=O)Oc3cc(-c4ccc(-c5ccc(OCCCCCCCCC)c(OC(=O)c6cc(OC(=O)c7ccc(OCCCCCCOC(=O)C=C)c(F)c7)ccc6OC(=O)c6ccc(OCCCCCCOC(=O)C=C)c(F)c6)c5)cc4)ccc3OCCCCCCCCC)c2)cc1. The minimum absolute atomic E-state index is 0.0353. The Morgan fingerprint density at radius 3 is 1.00 bits per heavy atom. The second kappa shape index (κ2) is 53.2. The van der Waals surface area contributed by atoms with Gasteiger partial charge in [-0.1, -0.05) is 153 Å². The second-order valence-electron chi connectivity index (χ2n) is 28.7. The minimum atomic E-state index is -1.10. The molecule has 0 radical (unpaired) electrons. The molecule has 0 aliphatic rings. The molecule has 8 aromatic carbocycles. The van der Waals surface area contributed by atoms with Crippen molar-refractivity contribution in [1.29, 1.82) is 0 Å². The number of carbonyl (C=O) groups is 8. The predicted octanol–water partition coefficient (Wildman–Crippen LogP) is 22.7. The van der Waals surface area contributed by atoms with Gasteiger partial charge in [-0.25, -0.2) is 47.1 Å². The van der Waals surface area contributed by atoms with Gasteiger partial charge in [0.1, 0.15) is 28.6 Å². The molecule has 0 fully saturated rings. The number of hydrogen-bond donors (Lipinski definition) is 0. The molecular weight excluding hydrogens is 1550 g/mol. The molecule has 0 aromatic heterocycles. The van der Waals surface area contributed by atoms with E-state index in [1.807, 2.05) is 36.4 Å². The third kappa shape index (κ3) is 33.4. The summed E-state index contributed by atoms with van der Waals surface area (Å²) >= 11 is 0. The summed E-state index contributed by atoms with van der Waals surface area (Å²) < 4.78 is 106. The van der Waals surface area contributed by atoms with Gasteiger partial charge < -0.3 is 61.6 Å². The Kier molecular flexibility index (Phi) is 41.4. The third-order valence-corrected chi connectivity index (χ3v) is 19.3. The topological polar surface area (TPSA) is 257 Å². The van der Waals surface area contributed by atoms with Crippen LogP contribution in [0.1, 0.15) is 233 Å². The molecule has 642 valence electrons. The molecule has 8 aromatic rings. The van der Waals surface area contributed by atoms with E-state index < -0.39 is 65.0 Å². The molecule has 21 nitrogen and oxygen atoms in total. The maximum Gasteiger partial charge on any atom is 0.347 e. The lowest BCUT2D eigenvalue weighted by atomic mass is 9.99. The van der Waals surface area contributed by atoms with E-state index in [1.165, 1.54) is 55.3 Å². The summed E-state index contributed by atoms with van der Waals surface area (Å²) in [7, 11) is 0. The zero-order chi connectivity index (χ0) is 86.2. The highest BCUT2D eigenvalue weighted by Gasteiger charge is 2.26. The first kappa shape index (κ1) is 94.1. The molecule has 0 aliphatic heterocycles. The van der Waals surface area contributed by atoms with Crippen LogP contribution in [0.3, 0.4) is 0 Å². The van der Waals surface area contributed by atoms with Crippen molar-refractivity contribution in [3.8, 4) is 79.7 Å². The number of hydrogen-bond acceptors (Lipinski definition) is 21. The summed E-state index contributed by atoms with van der Waals surface area (Å²) in [4.78, 5) is 105. The van der Waals surface area contributed by atoms with Crippen molar-refractivity contribution < 1.29 is 109 Å². The van der Waals surface area contributed by atoms with Gasteiger partial charge in [-0.2, -0.15) is 0 Å². The summed E-state index contributed by atoms with van der Waals surface area (Å²) in [6.45, 7) is 16.8. The van der Waals surface area contributed by atoms with E-state index in [1.54, 1.807) is 66.7 Å². The van der Waals surface area contributed by atoms with Crippen molar-refractivity contribution in [2.45, 2.75) is 181 Å². The Morgan fingerprint density at radius 1 is 0.264 bits per heavy atom. The van der Waals surface area contributed by atoms with Crippen LogP contribution in [-0.2, 0) is 28.6 Å². The molecule has 0 aliphatic carbocycles. The van der Waals surface area contributed by atoms with E-state index in [9.17, 15) is 33.6 Å². The summed E-state index contributed by atoms with van der Waals surface area (Å²) in [5.41, 5.74) is 2.16. The molecule has 0 heterocycles. The van der Waals surface area contributed by atoms with Crippen molar-refractivity contribution in [3.63, 3.8) is 0 Å². The van der Waals surface area contributed by atoms with Crippen molar-refractivity contribution in [1.82, 2.24) is 0 Å². The van der Waals surface area contributed by atoms with Gasteiger partial charge in [-0.3, -0.25) is 0 Å². The van der Waals surface area contributed by atoms with E-state index in [-0.39, 0.29) is 101 Å². The quantitative estimate of drug-likeness (QED) is 0.0113. The number of halogens is 2. The smallest absolute Gasteiger partial charge is 0.347 e. The molecule has 8 rings (SSSR count). The van der Waals surface area contributed by atoms with Gasteiger partial charge in [0.25, 0.3) is 0 Å². The van der Waals surface area contributed by atoms with Crippen molar-refractivity contribution in [2.75, 3.05) is 52.9 Å². The molecule has 0 N–H and O–H groups in total. The zero-order valence-corrected chi connectivity index (χ0v) is 69.3. The maximum absolute atomic E-state index is 15.7. The summed E-state index contributed by atoms with van der Waals surface area (Å²) in [5, 5.41) is 0. The van der Waals surface area contributed by atoms with Gasteiger partial charge in [0, 0.05) is 18.2 Å². The van der Waals surface area contributed by atoms with E-state index >= 15 is 13.6 Å². The number of ether oxygens (including phenoxy) is 13. The first-order valence-electron chi connectivity index (χ1n) is 41.9. The number of benzene rings is 8. The van der Waals surface area contributed by atoms with Gasteiger partial charge in [0.2, 0.25) is 0 Å². The summed E-state index contributed by atoms with van der Waals surface area (Å²) in [5.74, 6) is -7.20. The fourth-order valence-corrected chi connectivity index (χ4v) is 12.5. The fourth-order valence-electron chi connectivity index (χ4n) is 12.5. The molecule has 121 heavy (non-hydrogen) atoms. The Labute approximate surface area is 707 Å². The Bertz CT molecular complexity index is 4690. The lowest BCUT2D eigenvalue weighted by Gasteiger charge is -2.16. The highest BCUT2D eigenvalue weighted by Crippen LogP contribution is 2.39. The number of rotatable bonds is 57. The van der Waals surface area contributed by atoms with Gasteiger partial charge in [-0.05, 0) is 233 Å². The first-order chi connectivity index (χ1) is 58.9. The summed E-state index contributed by atoms with van der Waals surface area (Å²) in [6, 6.07) is 41.2. The van der Waals surface area contributed by atoms with E-state index in [0.29, 0.717) is 86.5 Å². The predicted molar refractivity (Wildman–Crippen MR) is 457 cm³/mol. The van der Waals surface area contributed by atoms with Crippen molar-refractivity contribution in [2.24, 2.45) is 0 Å². The minimum Gasteiger partial charge on any atom is -0.494 e. The summed E-state index contributed by atoms with van der Waals surface area (Å²) in [6.07, 6.45) is 26.4. The van der Waals surface area contributed by atoms with Crippen LogP contribution in [0, 0.1) is 11.6 Å². The fraction of sp³-hybridized carbons (Fsp3) is 0.367. The molecule has 0 spiro atoms. The third-order valence-electron chi connectivity index (χ3n) is 19.3. The lowest BCUT2D eigenvalue weighted by Crippen LogP contribution is -2.16. The van der Waals surface area contributed by atoms with Crippen LogP contribution in [0.5, 0.6) is 57.5 Å². The van der Waals surface area contributed by atoms with Gasteiger partial charge in [0.05, 0.1) is 75.1 Å². The van der Waals surface area contributed by atoms with Crippen LogP contribution in [0.4, 0.5) is 8.78 Å². The van der Waals surface area contributed by atoms with Crippen LogP contribution in [-0.4, -0.2) is 101 Å². The number of carbonyl (C=O) groups excluding carboxylic acids is 8. The molecule has 0 bridgehead atoms. The molecule has 0 unspecified atom stereocenters. The van der Waals surface area contributed by atoms with Crippen LogP contribution in [0.25, 0.3) is 22.3 Å². The lowest BCUT2D eigenvalue weighted by molar-refractivity contribution is -0.138. The molecule has 23 heteroatoms. The standard InChI is InChI=1S/C98H110F2O21/c1-6-11-13-15-17-19-28-59-112-87-53-44-73(67-89(87)120-96(106)75-36-35-37-79(64-75)117-94(104)72-42-48-78(49-43-72)109-56-27-21-24-32-61-114-91(101)8-3)70-38-40-71(41-39-70)74-45-54-88(113-60-29-20-18-16-14-12-7-2)90(68-74)121-98(108)81-69-80(118-95(105)76-46-51-85(82(99)65-76)110-57-30-22-25-33-62-115-92(102)9-4)50-55-84(81)119-97(107)77-47-52-86(83(100)66-77)111-58-31-23-26-34-63-116-93(103)10-5/h8-10,35-55,64-69H,3-7,11-34,56-63H2,1-2H3.